The first-order valence-electron chi connectivity index (χ1n) is 12.8. The molecule has 2 aromatic rings. The van der Waals surface area contributed by atoms with E-state index in [1.807, 2.05) is 38.1 Å². The number of nitrogens with zero attached hydrogens (tertiary/aromatic N) is 6. The SMILES string of the molecule is CC(C)c1nc(N2CCN(C3(CSCCOC4CCCCO4)c4ccccc4N=CN3F)CC2)no1. The summed E-state index contributed by atoms with van der Waals surface area (Å²) in [4.78, 5) is 13.2. The highest BCUT2D eigenvalue weighted by molar-refractivity contribution is 7.99. The van der Waals surface area contributed by atoms with Gasteiger partial charge in [-0.1, -0.05) is 36.5 Å². The van der Waals surface area contributed by atoms with Gasteiger partial charge in [0.05, 0.1) is 12.3 Å². The van der Waals surface area contributed by atoms with E-state index in [4.69, 9.17) is 14.0 Å². The summed E-state index contributed by atoms with van der Waals surface area (Å²) in [6, 6.07) is 7.84. The van der Waals surface area contributed by atoms with E-state index in [0.29, 0.717) is 50.4 Å². The highest BCUT2D eigenvalue weighted by atomic mass is 32.2. The lowest BCUT2D eigenvalue weighted by Crippen LogP contribution is -2.63. The molecule has 0 aliphatic carbocycles. The quantitative estimate of drug-likeness (QED) is 0.356. The van der Waals surface area contributed by atoms with Crippen LogP contribution in [0.25, 0.3) is 0 Å². The summed E-state index contributed by atoms with van der Waals surface area (Å²) >= 11 is 1.69. The summed E-state index contributed by atoms with van der Waals surface area (Å²) in [6.07, 6.45) is 4.39. The van der Waals surface area contributed by atoms with Gasteiger partial charge in [0.15, 0.2) is 12.0 Å². The van der Waals surface area contributed by atoms with Crippen molar-refractivity contribution in [2.75, 3.05) is 55.8 Å². The smallest absolute Gasteiger partial charge is 0.266 e. The van der Waals surface area contributed by atoms with Crippen molar-refractivity contribution in [2.24, 2.45) is 4.99 Å². The van der Waals surface area contributed by atoms with E-state index >= 15 is 4.48 Å². The van der Waals surface area contributed by atoms with Crippen LogP contribution in [0.15, 0.2) is 33.8 Å². The average molecular weight is 519 g/mol. The first-order valence-corrected chi connectivity index (χ1v) is 14.0. The van der Waals surface area contributed by atoms with Crippen LogP contribution in [0.2, 0.25) is 0 Å². The van der Waals surface area contributed by atoms with Gasteiger partial charge in [-0.3, -0.25) is 4.90 Å². The van der Waals surface area contributed by atoms with Gasteiger partial charge < -0.3 is 18.9 Å². The molecule has 0 bridgehead atoms. The van der Waals surface area contributed by atoms with Gasteiger partial charge >= 0.3 is 0 Å². The van der Waals surface area contributed by atoms with Crippen LogP contribution in [0.4, 0.5) is 16.1 Å². The van der Waals surface area contributed by atoms with Crippen LogP contribution in [0.3, 0.4) is 0 Å². The number of piperazine rings is 1. The highest BCUT2D eigenvalue weighted by Gasteiger charge is 2.48. The van der Waals surface area contributed by atoms with Crippen molar-refractivity contribution >= 4 is 29.7 Å². The van der Waals surface area contributed by atoms with E-state index in [0.717, 1.165) is 48.0 Å². The average Bonchev–Trinajstić information content (AvgIpc) is 3.41. The lowest BCUT2D eigenvalue weighted by molar-refractivity contribution is -0.158. The maximum atomic E-state index is 15.8. The number of benzene rings is 1. The molecule has 2 atom stereocenters. The molecule has 2 saturated heterocycles. The highest BCUT2D eigenvalue weighted by Crippen LogP contribution is 2.43. The van der Waals surface area contributed by atoms with Gasteiger partial charge in [-0.25, -0.2) is 4.99 Å². The lowest BCUT2D eigenvalue weighted by Gasteiger charge is -2.50. The molecule has 2 unspecified atom stereocenters. The van der Waals surface area contributed by atoms with Gasteiger partial charge in [0.2, 0.25) is 5.89 Å². The van der Waals surface area contributed by atoms with Crippen molar-refractivity contribution in [1.29, 1.82) is 0 Å². The minimum Gasteiger partial charge on any atom is -0.353 e. The molecule has 3 aliphatic heterocycles. The summed E-state index contributed by atoms with van der Waals surface area (Å²) < 4.78 is 32.8. The zero-order valence-corrected chi connectivity index (χ0v) is 21.8. The third kappa shape index (κ3) is 5.25. The second kappa shape index (κ2) is 11.5. The van der Waals surface area contributed by atoms with Crippen molar-refractivity contribution in [3.8, 4) is 0 Å². The Bertz CT molecular complexity index is 1020. The molecule has 0 radical (unpaired) electrons. The number of thioether (sulfide) groups is 1. The molecule has 4 heterocycles. The predicted octanol–water partition coefficient (Wildman–Crippen LogP) is 4.30. The molecule has 1 aromatic heterocycles. The number of rotatable bonds is 9. The molecule has 9 nitrogen and oxygen atoms in total. The first-order chi connectivity index (χ1) is 17.6. The van der Waals surface area contributed by atoms with Gasteiger partial charge in [-0.05, 0) is 30.5 Å². The van der Waals surface area contributed by atoms with Crippen LogP contribution in [0, 0.1) is 0 Å². The first kappa shape index (κ1) is 25.4. The topological polar surface area (TPSA) is 79.5 Å². The number of ether oxygens (including phenoxy) is 2. The maximum Gasteiger partial charge on any atom is 0.266 e. The van der Waals surface area contributed by atoms with Crippen molar-refractivity contribution in [1.82, 2.24) is 20.2 Å². The van der Waals surface area contributed by atoms with E-state index in [9.17, 15) is 0 Å². The molecule has 11 heteroatoms. The molecule has 0 spiro atoms. The standard InChI is InChI=1S/C25H35FN6O3S/c1-19(2)23-28-24(29-35-23)30-10-12-31(13-11-30)25(17-36-16-15-34-22-9-5-6-14-33-22)20-7-3-4-8-21(20)27-18-32(25)26/h3-4,7-8,18-19,22H,5-6,9-17H2,1-2H3. The zero-order valence-electron chi connectivity index (χ0n) is 21.0. The molecule has 0 N–H and O–H groups in total. The normalized spacial score (nSPS) is 24.9. The molecule has 196 valence electrons. The van der Waals surface area contributed by atoms with Crippen LogP contribution >= 0.6 is 11.8 Å². The number of aliphatic imine (C=N–C) groups is 1. The van der Waals surface area contributed by atoms with E-state index in [-0.39, 0.29) is 12.2 Å². The second-order valence-electron chi connectivity index (χ2n) is 9.67. The Hall–Kier alpha value is -2.21. The van der Waals surface area contributed by atoms with Crippen molar-refractivity contribution < 1.29 is 18.5 Å². The molecule has 36 heavy (non-hydrogen) atoms. The predicted molar refractivity (Wildman–Crippen MR) is 138 cm³/mol. The van der Waals surface area contributed by atoms with E-state index in [2.05, 4.69) is 24.9 Å². The summed E-state index contributed by atoms with van der Waals surface area (Å²) in [7, 11) is 0. The number of anilines is 1. The second-order valence-corrected chi connectivity index (χ2v) is 10.8. The molecule has 3 aliphatic rings. The van der Waals surface area contributed by atoms with Gasteiger partial charge in [0, 0.05) is 55.8 Å². The number of hydrogen-bond acceptors (Lipinski definition) is 10. The van der Waals surface area contributed by atoms with E-state index < -0.39 is 5.66 Å². The Kier molecular flexibility index (Phi) is 8.09. The summed E-state index contributed by atoms with van der Waals surface area (Å²) in [5, 5.41) is 4.95. The van der Waals surface area contributed by atoms with Crippen LogP contribution in [-0.2, 0) is 15.1 Å². The van der Waals surface area contributed by atoms with Gasteiger partial charge in [-0.15, -0.1) is 0 Å². The Morgan fingerprint density at radius 1 is 1.19 bits per heavy atom. The summed E-state index contributed by atoms with van der Waals surface area (Å²) in [5.41, 5.74) is 0.742. The van der Waals surface area contributed by atoms with Crippen molar-refractivity contribution in [2.45, 2.75) is 51.0 Å². The molecular formula is C25H35FN6O3S. The fourth-order valence-corrected chi connectivity index (χ4v) is 6.05. The van der Waals surface area contributed by atoms with E-state index in [1.54, 1.807) is 11.8 Å². The van der Waals surface area contributed by atoms with Crippen LogP contribution in [0.1, 0.15) is 50.5 Å². The Labute approximate surface area is 215 Å². The Balaban J connectivity index is 1.28. The molecule has 1 aromatic carbocycles. The van der Waals surface area contributed by atoms with Gasteiger partial charge in [0.1, 0.15) is 6.34 Å². The fourth-order valence-electron chi connectivity index (χ4n) is 4.95. The molecule has 2 fully saturated rings. The Morgan fingerprint density at radius 3 is 2.78 bits per heavy atom. The van der Waals surface area contributed by atoms with Gasteiger partial charge in [-0.2, -0.15) is 21.9 Å². The van der Waals surface area contributed by atoms with Crippen LogP contribution in [0.5, 0.6) is 0 Å². The fraction of sp³-hybridized carbons (Fsp3) is 0.640. The minimum atomic E-state index is -0.948. The van der Waals surface area contributed by atoms with Crippen LogP contribution in [-0.4, -0.2) is 83.7 Å². The maximum absolute atomic E-state index is 15.8. The number of halogens is 1. The number of hydrogen-bond donors (Lipinski definition) is 0. The number of para-hydroxylation sites is 1. The molecular weight excluding hydrogens is 483 g/mol. The number of fused-ring (bicyclic) bond motifs is 1. The van der Waals surface area contributed by atoms with Crippen molar-refractivity contribution in [3.05, 3.63) is 35.7 Å². The van der Waals surface area contributed by atoms with Crippen LogP contribution < -0.4 is 4.90 Å². The minimum absolute atomic E-state index is 0.108. The zero-order chi connectivity index (χ0) is 25.0. The summed E-state index contributed by atoms with van der Waals surface area (Å²) in [5.74, 6) is 2.72. The largest absolute Gasteiger partial charge is 0.353 e. The summed E-state index contributed by atoms with van der Waals surface area (Å²) in [6.45, 7) is 8.07. The monoisotopic (exact) mass is 518 g/mol. The molecule has 5 rings (SSSR count). The molecule has 0 amide bonds. The Morgan fingerprint density at radius 2 is 2.03 bits per heavy atom. The van der Waals surface area contributed by atoms with Crippen molar-refractivity contribution in [3.63, 3.8) is 0 Å². The van der Waals surface area contributed by atoms with Gasteiger partial charge in [0.25, 0.3) is 5.95 Å². The number of aromatic nitrogens is 2. The van der Waals surface area contributed by atoms with E-state index in [1.165, 1.54) is 6.34 Å². The molecule has 0 saturated carbocycles. The lowest BCUT2D eigenvalue weighted by atomic mass is 9.95. The third-order valence-corrected chi connectivity index (χ3v) is 8.03. The third-order valence-electron chi connectivity index (χ3n) is 6.97.